The van der Waals surface area contributed by atoms with Gasteiger partial charge in [-0.2, -0.15) is 0 Å². The van der Waals surface area contributed by atoms with Crippen molar-refractivity contribution in [1.29, 1.82) is 0 Å². The van der Waals surface area contributed by atoms with E-state index < -0.39 is 152 Å². The Balaban J connectivity index is 1.21. The molecule has 376 valence electrons. The fraction of sp³-hybridized carbons (Fsp3) is 0.455. The van der Waals surface area contributed by atoms with Crippen molar-refractivity contribution in [2.75, 3.05) is 34.0 Å². The van der Waals surface area contributed by atoms with Crippen molar-refractivity contribution in [2.45, 2.75) is 92.1 Å². The van der Waals surface area contributed by atoms with Crippen LogP contribution in [0.2, 0.25) is 0 Å². The Bertz CT molecular complexity index is 2490. The van der Waals surface area contributed by atoms with Crippen molar-refractivity contribution in [1.82, 2.24) is 0 Å². The zero-order chi connectivity index (χ0) is 50.0. The smallest absolute Gasteiger partial charge is 0.331 e. The highest BCUT2D eigenvalue weighted by Gasteiger charge is 2.53. The lowest BCUT2D eigenvalue weighted by atomic mass is 9.97. The predicted molar refractivity (Wildman–Crippen MR) is 227 cm³/mol. The van der Waals surface area contributed by atoms with E-state index in [0.717, 1.165) is 18.2 Å². The lowest BCUT2D eigenvalue weighted by Crippen LogP contribution is -2.65. The summed E-state index contributed by atoms with van der Waals surface area (Å²) in [5.41, 5.74) is -1.22. The van der Waals surface area contributed by atoms with Gasteiger partial charge in [0.25, 0.3) is 0 Å². The molecule has 0 bridgehead atoms. The summed E-state index contributed by atoms with van der Waals surface area (Å²) in [6.45, 7) is -2.67. The minimum atomic E-state index is -2.13. The Kier molecular flexibility index (Phi) is 15.8. The molecule has 0 amide bonds. The molecule has 3 aliphatic heterocycles. The zero-order valence-electron chi connectivity index (χ0n) is 36.3. The second-order valence-corrected chi connectivity index (χ2v) is 15.9. The number of hydrogen-bond donors (Lipinski definition) is 13. The van der Waals surface area contributed by atoms with Gasteiger partial charge in [-0.05, 0) is 48.0 Å². The summed E-state index contributed by atoms with van der Waals surface area (Å²) in [7, 11) is 2.57. The van der Waals surface area contributed by atoms with Crippen LogP contribution in [0.1, 0.15) is 5.56 Å². The van der Waals surface area contributed by atoms with Crippen molar-refractivity contribution in [3.63, 3.8) is 0 Å². The highest BCUT2D eigenvalue weighted by atomic mass is 16.8. The maximum Gasteiger partial charge on any atom is 0.331 e. The van der Waals surface area contributed by atoms with Crippen LogP contribution < -0.4 is 24.4 Å². The number of aliphatic hydroxyl groups is 10. The van der Waals surface area contributed by atoms with Crippen LogP contribution in [0.3, 0.4) is 0 Å². The number of methoxy groups -OCH3 is 2. The van der Waals surface area contributed by atoms with Crippen LogP contribution in [0.5, 0.6) is 40.2 Å². The van der Waals surface area contributed by atoms with Gasteiger partial charge in [0.2, 0.25) is 29.5 Å². The normalized spacial score (nSPS) is 31.6. The van der Waals surface area contributed by atoms with Crippen LogP contribution in [-0.4, -0.2) is 199 Å². The number of phenolic OH excluding ortho intramolecular Hbond substituents is 3. The minimum absolute atomic E-state index is 0.00275. The molecule has 3 aliphatic rings. The van der Waals surface area contributed by atoms with Gasteiger partial charge < -0.3 is 113 Å². The lowest BCUT2D eigenvalue weighted by Gasteiger charge is -2.46. The van der Waals surface area contributed by atoms with E-state index in [1.807, 2.05) is 0 Å². The first kappa shape index (κ1) is 51.0. The molecule has 3 aromatic carbocycles. The third-order valence-corrected chi connectivity index (χ3v) is 11.5. The number of carbonyl (C=O) groups excluding carboxylic acids is 1. The average Bonchev–Trinajstić information content (AvgIpc) is 3.33. The highest BCUT2D eigenvalue weighted by Crippen LogP contribution is 2.40. The van der Waals surface area contributed by atoms with E-state index in [1.54, 1.807) is 0 Å². The third kappa shape index (κ3) is 10.4. The van der Waals surface area contributed by atoms with E-state index in [2.05, 4.69) is 0 Å². The Morgan fingerprint density at radius 3 is 1.84 bits per heavy atom. The van der Waals surface area contributed by atoms with Crippen molar-refractivity contribution >= 4 is 23.0 Å². The SMILES string of the molecule is COc1cc(C=CC(=O)OC2C(O)C(CO)OC(OC3C(Oc4c(-c5ccc(O)cc5)oc5cc(OC6OC(CO)C(O)C(O)C6O)cc(O)c5c4=O)OC(CO)C(O)C3O)C2O)cc(OC)c1O. The number of phenols is 3. The molecule has 13 N–H and O–H groups in total. The average molecular weight is 979 g/mol. The third-order valence-electron chi connectivity index (χ3n) is 11.5. The zero-order valence-corrected chi connectivity index (χ0v) is 36.3. The van der Waals surface area contributed by atoms with Gasteiger partial charge in [0.15, 0.2) is 35.8 Å². The van der Waals surface area contributed by atoms with Crippen molar-refractivity contribution < 1.29 is 118 Å². The van der Waals surface area contributed by atoms with Crippen molar-refractivity contribution in [3.05, 3.63) is 70.4 Å². The van der Waals surface area contributed by atoms with Gasteiger partial charge in [-0.15, -0.1) is 0 Å². The lowest BCUT2D eigenvalue weighted by molar-refractivity contribution is -0.358. The molecule has 69 heavy (non-hydrogen) atoms. The number of fused-ring (bicyclic) bond motifs is 1. The van der Waals surface area contributed by atoms with Crippen LogP contribution in [-0.2, 0) is 28.5 Å². The van der Waals surface area contributed by atoms with Gasteiger partial charge >= 0.3 is 5.97 Å². The molecule has 7 rings (SSSR count). The van der Waals surface area contributed by atoms with Gasteiger partial charge in [-0.25, -0.2) is 4.79 Å². The second-order valence-electron chi connectivity index (χ2n) is 15.9. The van der Waals surface area contributed by atoms with E-state index in [1.165, 1.54) is 56.7 Å². The summed E-state index contributed by atoms with van der Waals surface area (Å²) in [4.78, 5) is 27.6. The molecule has 0 radical (unpaired) electrons. The molecule has 15 unspecified atom stereocenters. The molecule has 3 fully saturated rings. The van der Waals surface area contributed by atoms with Gasteiger partial charge in [0.05, 0.1) is 34.0 Å². The number of hydrogen-bond acceptors (Lipinski definition) is 25. The first-order chi connectivity index (χ1) is 32.9. The van der Waals surface area contributed by atoms with Gasteiger partial charge in [-0.1, -0.05) is 0 Å². The Morgan fingerprint density at radius 1 is 0.652 bits per heavy atom. The topological polar surface area (TPSA) is 393 Å². The molecule has 4 aromatic rings. The largest absolute Gasteiger partial charge is 0.508 e. The molecule has 0 saturated carbocycles. The highest BCUT2D eigenvalue weighted by molar-refractivity contribution is 5.89. The van der Waals surface area contributed by atoms with Crippen LogP contribution in [0, 0.1) is 0 Å². The molecule has 25 nitrogen and oxygen atoms in total. The quantitative estimate of drug-likeness (QED) is 0.0418. The first-order valence-electron chi connectivity index (χ1n) is 20.9. The fourth-order valence-electron chi connectivity index (χ4n) is 7.75. The van der Waals surface area contributed by atoms with Crippen LogP contribution in [0.4, 0.5) is 0 Å². The summed E-state index contributed by atoms with van der Waals surface area (Å²) < 4.78 is 56.1. The molecular weight excluding hydrogens is 928 g/mol. The molecule has 1 aromatic heterocycles. The van der Waals surface area contributed by atoms with E-state index >= 15 is 0 Å². The van der Waals surface area contributed by atoms with Gasteiger partial charge in [-0.3, -0.25) is 4.79 Å². The predicted octanol–water partition coefficient (Wildman–Crippen LogP) is -2.96. The number of benzene rings is 3. The molecule has 0 spiro atoms. The molecule has 0 aliphatic carbocycles. The standard InChI is InChI=1S/C44H50O25/c1-60-22-9-16(10-23(61-2)29(22)51)3-8-27(50)67-39-32(54)26(15-47)65-43(37(39)59)69-41-35(57)31(53)25(14-46)66-44(41)68-40-33(55)28-20(49)11-19(62-42-36(58)34(56)30(52)24(13-45)64-42)12-21(28)63-38(40)17-4-6-18(48)7-5-17/h3-12,24-26,30-32,34-37,39,41-49,51-54,56-59H,13-15H2,1-2H3. The summed E-state index contributed by atoms with van der Waals surface area (Å²) >= 11 is 0. The molecule has 15 atom stereocenters. The van der Waals surface area contributed by atoms with Crippen molar-refractivity contribution in [3.8, 4) is 51.6 Å². The number of aromatic hydroxyl groups is 3. The summed E-state index contributed by atoms with van der Waals surface area (Å²) in [6.07, 6.45) is -25.8. The van der Waals surface area contributed by atoms with Crippen LogP contribution in [0.25, 0.3) is 28.4 Å². The van der Waals surface area contributed by atoms with E-state index in [-0.39, 0.29) is 39.9 Å². The van der Waals surface area contributed by atoms with E-state index in [0.29, 0.717) is 0 Å². The minimum Gasteiger partial charge on any atom is -0.508 e. The number of aliphatic hydroxyl groups excluding tert-OH is 10. The number of ether oxygens (including phenoxy) is 9. The maximum atomic E-state index is 14.5. The van der Waals surface area contributed by atoms with E-state index in [9.17, 15) is 76.0 Å². The Morgan fingerprint density at radius 2 is 1.23 bits per heavy atom. The molecular formula is C44H50O25. The molecule has 4 heterocycles. The van der Waals surface area contributed by atoms with Gasteiger partial charge in [0.1, 0.15) is 89.3 Å². The van der Waals surface area contributed by atoms with E-state index in [4.69, 9.17) is 47.0 Å². The second kappa shape index (κ2) is 21.4. The summed E-state index contributed by atoms with van der Waals surface area (Å²) in [5.74, 6) is -4.04. The van der Waals surface area contributed by atoms with Crippen LogP contribution in [0.15, 0.2) is 63.8 Å². The summed E-state index contributed by atoms with van der Waals surface area (Å²) in [5, 5.41) is 137. The van der Waals surface area contributed by atoms with Crippen LogP contribution >= 0.6 is 0 Å². The van der Waals surface area contributed by atoms with Gasteiger partial charge in [0, 0.05) is 23.8 Å². The Hall–Kier alpha value is -5.88. The molecule has 25 heteroatoms. The fourth-order valence-corrected chi connectivity index (χ4v) is 7.75. The summed E-state index contributed by atoms with van der Waals surface area (Å²) in [6, 6.07) is 9.67. The number of esters is 1. The number of rotatable bonds is 15. The van der Waals surface area contributed by atoms with Crippen molar-refractivity contribution in [2.24, 2.45) is 0 Å². The monoisotopic (exact) mass is 978 g/mol. The first-order valence-corrected chi connectivity index (χ1v) is 20.9. The number of carbonyl (C=O) groups is 1. The maximum absolute atomic E-state index is 14.5. The molecule has 3 saturated heterocycles. The Labute approximate surface area is 388 Å².